The molecule has 1 N–H and O–H groups in total. The Morgan fingerprint density at radius 1 is 1.32 bits per heavy atom. The summed E-state index contributed by atoms with van der Waals surface area (Å²) in [6, 6.07) is 14.1. The summed E-state index contributed by atoms with van der Waals surface area (Å²) in [5.74, 6) is 0.544. The molecule has 0 fully saturated rings. The van der Waals surface area contributed by atoms with Gasteiger partial charge in [-0.05, 0) is 55.6 Å². The predicted molar refractivity (Wildman–Crippen MR) is 101 cm³/mol. The predicted octanol–water partition coefficient (Wildman–Crippen LogP) is 4.30. The lowest BCUT2D eigenvalue weighted by Gasteiger charge is -2.32. The van der Waals surface area contributed by atoms with Gasteiger partial charge in [0.25, 0.3) is 0 Å². The maximum absolute atomic E-state index is 12.4. The summed E-state index contributed by atoms with van der Waals surface area (Å²) in [5, 5.41) is 3.39. The van der Waals surface area contributed by atoms with Gasteiger partial charge in [-0.3, -0.25) is 9.69 Å². The van der Waals surface area contributed by atoms with E-state index in [1.54, 1.807) is 25.3 Å². The zero-order chi connectivity index (χ0) is 17.8. The molecule has 0 saturated carbocycles. The number of methoxy groups -OCH3 is 1. The van der Waals surface area contributed by atoms with E-state index in [2.05, 4.69) is 34.5 Å². The summed E-state index contributed by atoms with van der Waals surface area (Å²) in [4.78, 5) is 14.5. The first-order valence-electron chi connectivity index (χ1n) is 8.50. The average Bonchev–Trinajstić information content (AvgIpc) is 2.61. The fraction of sp³-hybridized carbons (Fsp3) is 0.350. The molecule has 4 nitrogen and oxygen atoms in total. The van der Waals surface area contributed by atoms with E-state index in [9.17, 15) is 4.79 Å². The van der Waals surface area contributed by atoms with E-state index in [1.165, 1.54) is 11.1 Å². The quantitative estimate of drug-likeness (QED) is 0.866. The number of nitrogens with one attached hydrogen (secondary N) is 1. The molecule has 25 heavy (non-hydrogen) atoms. The second-order valence-corrected chi connectivity index (χ2v) is 6.83. The van der Waals surface area contributed by atoms with Crippen molar-refractivity contribution in [3.8, 4) is 5.75 Å². The average molecular weight is 359 g/mol. The second kappa shape index (κ2) is 7.89. The lowest BCUT2D eigenvalue weighted by atomic mass is 9.87. The van der Waals surface area contributed by atoms with Crippen molar-refractivity contribution in [1.82, 2.24) is 4.90 Å². The molecule has 1 aliphatic carbocycles. The van der Waals surface area contributed by atoms with Crippen molar-refractivity contribution in [3.63, 3.8) is 0 Å². The number of fused-ring (bicyclic) bond motifs is 1. The Morgan fingerprint density at radius 2 is 2.12 bits per heavy atom. The first-order valence-corrected chi connectivity index (χ1v) is 8.87. The van der Waals surface area contributed by atoms with Gasteiger partial charge in [0.15, 0.2) is 0 Å². The first kappa shape index (κ1) is 17.8. The van der Waals surface area contributed by atoms with E-state index < -0.39 is 0 Å². The highest BCUT2D eigenvalue weighted by Gasteiger charge is 2.24. The van der Waals surface area contributed by atoms with Crippen LogP contribution in [0.5, 0.6) is 5.75 Å². The van der Waals surface area contributed by atoms with Gasteiger partial charge in [0, 0.05) is 11.7 Å². The van der Waals surface area contributed by atoms with Gasteiger partial charge in [0.2, 0.25) is 5.91 Å². The summed E-state index contributed by atoms with van der Waals surface area (Å²) in [7, 11) is 3.57. The van der Waals surface area contributed by atoms with Gasteiger partial charge in [-0.1, -0.05) is 35.9 Å². The number of hydrogen-bond donors (Lipinski definition) is 1. The Morgan fingerprint density at radius 3 is 2.88 bits per heavy atom. The Hall–Kier alpha value is -2.04. The highest BCUT2D eigenvalue weighted by molar-refractivity contribution is 6.32. The summed E-state index contributed by atoms with van der Waals surface area (Å²) in [5.41, 5.74) is 3.41. The van der Waals surface area contributed by atoms with Crippen molar-refractivity contribution in [3.05, 3.63) is 58.6 Å². The van der Waals surface area contributed by atoms with E-state index >= 15 is 0 Å². The first-order chi connectivity index (χ1) is 12.1. The lowest BCUT2D eigenvalue weighted by molar-refractivity contribution is -0.117. The van der Waals surface area contributed by atoms with Crippen molar-refractivity contribution in [2.45, 2.75) is 25.3 Å². The molecule has 0 saturated heterocycles. The lowest BCUT2D eigenvalue weighted by Crippen LogP contribution is -2.34. The summed E-state index contributed by atoms with van der Waals surface area (Å²) in [6.45, 7) is 0.336. The molecule has 0 heterocycles. The van der Waals surface area contributed by atoms with Gasteiger partial charge >= 0.3 is 0 Å². The molecule has 0 spiro atoms. The normalized spacial score (nSPS) is 16.4. The third-order valence-corrected chi connectivity index (χ3v) is 4.99. The van der Waals surface area contributed by atoms with Gasteiger partial charge < -0.3 is 10.1 Å². The van der Waals surface area contributed by atoms with Crippen LogP contribution in [0.4, 0.5) is 5.69 Å². The molecule has 2 aromatic rings. The molecule has 3 rings (SSSR count). The number of amides is 1. The number of halogens is 1. The third-order valence-electron chi connectivity index (χ3n) is 4.70. The largest absolute Gasteiger partial charge is 0.495 e. The van der Waals surface area contributed by atoms with E-state index in [0.717, 1.165) is 19.3 Å². The van der Waals surface area contributed by atoms with Crippen LogP contribution in [0, 0.1) is 0 Å². The monoisotopic (exact) mass is 358 g/mol. The zero-order valence-electron chi connectivity index (χ0n) is 14.6. The fourth-order valence-corrected chi connectivity index (χ4v) is 3.73. The molecule has 1 atom stereocenters. The molecule has 0 radical (unpaired) electrons. The van der Waals surface area contributed by atoms with Crippen LogP contribution in [0.1, 0.15) is 30.0 Å². The van der Waals surface area contributed by atoms with Gasteiger partial charge in [0.1, 0.15) is 5.75 Å². The molecular formula is C20H23ClN2O2. The molecule has 1 amide bonds. The molecule has 0 unspecified atom stereocenters. The number of ether oxygens (including phenoxy) is 1. The molecule has 1 aliphatic rings. The van der Waals surface area contributed by atoms with Crippen LogP contribution < -0.4 is 10.1 Å². The Labute approximate surface area is 153 Å². The summed E-state index contributed by atoms with van der Waals surface area (Å²) < 4.78 is 5.13. The minimum atomic E-state index is -0.0493. The standard InChI is InChI=1S/C20H23ClN2O2/c1-23(18-9-5-7-14-6-3-4-8-16(14)18)13-20(24)22-15-10-11-19(25-2)17(21)12-15/h3-4,6,8,10-12,18H,5,7,9,13H2,1-2H3,(H,22,24)/t18-/m0/s1. The Bertz CT molecular complexity index is 763. The van der Waals surface area contributed by atoms with Crippen LogP contribution in [-0.2, 0) is 11.2 Å². The number of likely N-dealkylation sites (N-methyl/N-ethyl adjacent to an activating group) is 1. The number of benzene rings is 2. The number of anilines is 1. The number of rotatable bonds is 5. The molecular weight excluding hydrogens is 336 g/mol. The molecule has 5 heteroatoms. The number of carbonyl (C=O) groups is 1. The second-order valence-electron chi connectivity index (χ2n) is 6.42. The number of aryl methyl sites for hydroxylation is 1. The van der Waals surface area contributed by atoms with Crippen LogP contribution in [0.2, 0.25) is 5.02 Å². The third kappa shape index (κ3) is 4.14. The van der Waals surface area contributed by atoms with Crippen LogP contribution in [0.3, 0.4) is 0 Å². The highest BCUT2D eigenvalue weighted by Crippen LogP contribution is 2.33. The van der Waals surface area contributed by atoms with E-state index in [-0.39, 0.29) is 11.9 Å². The van der Waals surface area contributed by atoms with Crippen LogP contribution >= 0.6 is 11.6 Å². The Kier molecular flexibility index (Phi) is 5.61. The van der Waals surface area contributed by atoms with Gasteiger partial charge in [-0.2, -0.15) is 0 Å². The number of nitrogens with zero attached hydrogens (tertiary/aromatic N) is 1. The summed E-state index contributed by atoms with van der Waals surface area (Å²) >= 11 is 6.11. The minimum Gasteiger partial charge on any atom is -0.495 e. The van der Waals surface area contributed by atoms with Crippen LogP contribution in [-0.4, -0.2) is 31.5 Å². The van der Waals surface area contributed by atoms with E-state index in [0.29, 0.717) is 23.0 Å². The van der Waals surface area contributed by atoms with E-state index in [4.69, 9.17) is 16.3 Å². The number of hydrogen-bond acceptors (Lipinski definition) is 3. The van der Waals surface area contributed by atoms with Crippen molar-refractivity contribution in [2.75, 3.05) is 26.0 Å². The van der Waals surface area contributed by atoms with Crippen molar-refractivity contribution < 1.29 is 9.53 Å². The Balaban J connectivity index is 1.64. The molecule has 0 aromatic heterocycles. The van der Waals surface area contributed by atoms with Crippen LogP contribution in [0.15, 0.2) is 42.5 Å². The molecule has 0 bridgehead atoms. The minimum absolute atomic E-state index is 0.0493. The zero-order valence-corrected chi connectivity index (χ0v) is 15.3. The topological polar surface area (TPSA) is 41.6 Å². The van der Waals surface area contributed by atoms with Crippen LogP contribution in [0.25, 0.3) is 0 Å². The van der Waals surface area contributed by atoms with Gasteiger partial charge in [-0.25, -0.2) is 0 Å². The van der Waals surface area contributed by atoms with Gasteiger partial charge in [-0.15, -0.1) is 0 Å². The number of carbonyl (C=O) groups excluding carboxylic acids is 1. The maximum Gasteiger partial charge on any atom is 0.238 e. The summed E-state index contributed by atoms with van der Waals surface area (Å²) in [6.07, 6.45) is 3.36. The SMILES string of the molecule is COc1ccc(NC(=O)CN(C)[C@H]2CCCc3ccccc32)cc1Cl. The fourth-order valence-electron chi connectivity index (χ4n) is 3.47. The van der Waals surface area contributed by atoms with Crippen molar-refractivity contribution >= 4 is 23.2 Å². The van der Waals surface area contributed by atoms with Gasteiger partial charge in [0.05, 0.1) is 18.7 Å². The maximum atomic E-state index is 12.4. The molecule has 132 valence electrons. The molecule has 0 aliphatic heterocycles. The molecule has 2 aromatic carbocycles. The van der Waals surface area contributed by atoms with E-state index in [1.807, 2.05) is 7.05 Å². The van der Waals surface area contributed by atoms with Crippen molar-refractivity contribution in [2.24, 2.45) is 0 Å². The highest BCUT2D eigenvalue weighted by atomic mass is 35.5. The smallest absolute Gasteiger partial charge is 0.238 e. The van der Waals surface area contributed by atoms with Crippen molar-refractivity contribution in [1.29, 1.82) is 0 Å².